The molecule has 0 aliphatic carbocycles. The minimum absolute atomic E-state index is 0.107. The largest absolute Gasteiger partial charge is 0.444 e. The second kappa shape index (κ2) is 9.23. The molecule has 2 atom stereocenters. The molecule has 0 bridgehead atoms. The highest BCUT2D eigenvalue weighted by Gasteiger charge is 2.37. The number of ether oxygens (including phenoxy) is 2. The van der Waals surface area contributed by atoms with Gasteiger partial charge in [0.05, 0.1) is 6.04 Å². The smallest absolute Gasteiger partial charge is 0.416 e. The van der Waals surface area contributed by atoms with Crippen LogP contribution in [0.25, 0.3) is 0 Å². The average Bonchev–Trinajstić information content (AvgIpc) is 3.09. The molecule has 0 N–H and O–H groups in total. The van der Waals surface area contributed by atoms with Gasteiger partial charge in [-0.1, -0.05) is 13.0 Å². The number of carbonyl (C=O) groups excluding carboxylic acids is 2. The van der Waals surface area contributed by atoms with E-state index in [1.807, 2.05) is 67.5 Å². The van der Waals surface area contributed by atoms with Crippen LogP contribution in [0.3, 0.4) is 0 Å². The summed E-state index contributed by atoms with van der Waals surface area (Å²) in [5.41, 5.74) is -0.346. The monoisotopic (exact) mass is 419 g/mol. The van der Waals surface area contributed by atoms with Crippen LogP contribution < -0.4 is 4.90 Å². The van der Waals surface area contributed by atoms with E-state index in [2.05, 4.69) is 4.98 Å². The van der Waals surface area contributed by atoms with Crippen LogP contribution in [0, 0.1) is 0 Å². The summed E-state index contributed by atoms with van der Waals surface area (Å²) < 4.78 is 11.3. The highest BCUT2D eigenvalue weighted by atomic mass is 16.6. The third-order valence-corrected chi connectivity index (χ3v) is 4.91. The van der Waals surface area contributed by atoms with Gasteiger partial charge < -0.3 is 14.4 Å². The van der Waals surface area contributed by atoms with Gasteiger partial charge in [0.15, 0.2) is 0 Å². The maximum absolute atomic E-state index is 13.1. The van der Waals surface area contributed by atoms with Gasteiger partial charge in [0.25, 0.3) is 0 Å². The Labute approximate surface area is 180 Å². The molecule has 2 unspecified atom stereocenters. The van der Waals surface area contributed by atoms with Gasteiger partial charge in [-0.2, -0.15) is 0 Å². The van der Waals surface area contributed by atoms with Crippen molar-refractivity contribution in [2.75, 3.05) is 11.4 Å². The summed E-state index contributed by atoms with van der Waals surface area (Å²) in [4.78, 5) is 33.8. The zero-order chi connectivity index (χ0) is 22.7. The average molecular weight is 420 g/mol. The van der Waals surface area contributed by atoms with Gasteiger partial charge in [-0.15, -0.1) is 0 Å². The van der Waals surface area contributed by atoms with Crippen molar-refractivity contribution >= 4 is 18.0 Å². The first-order chi connectivity index (χ1) is 13.8. The van der Waals surface area contributed by atoms with Crippen molar-refractivity contribution in [1.82, 2.24) is 9.88 Å². The molecule has 0 spiro atoms. The van der Waals surface area contributed by atoms with Crippen molar-refractivity contribution in [3.8, 4) is 0 Å². The maximum Gasteiger partial charge on any atom is 0.416 e. The molecular formula is C23H37N3O4. The van der Waals surface area contributed by atoms with Gasteiger partial charge in [-0.05, 0) is 73.8 Å². The number of rotatable bonds is 4. The first kappa shape index (κ1) is 24.0. The van der Waals surface area contributed by atoms with Crippen LogP contribution in [0.5, 0.6) is 0 Å². The van der Waals surface area contributed by atoms with E-state index in [9.17, 15) is 9.59 Å². The molecule has 1 aromatic rings. The number of pyridine rings is 1. The molecule has 2 rings (SSSR count). The van der Waals surface area contributed by atoms with E-state index in [0.717, 1.165) is 24.8 Å². The normalized spacial score (nSPS) is 18.1. The van der Waals surface area contributed by atoms with E-state index in [0.29, 0.717) is 12.4 Å². The Bertz CT molecular complexity index is 752. The second-order valence-electron chi connectivity index (χ2n) is 9.86. The first-order valence-corrected chi connectivity index (χ1v) is 10.8. The fourth-order valence-electron chi connectivity index (χ4n) is 3.47. The Morgan fingerprint density at radius 2 is 1.83 bits per heavy atom. The Kier molecular flexibility index (Phi) is 7.37. The third-order valence-electron chi connectivity index (χ3n) is 4.91. The number of aromatic nitrogens is 1. The molecule has 2 heterocycles. The fraction of sp³-hybridized carbons (Fsp3) is 0.696. The van der Waals surface area contributed by atoms with Crippen LogP contribution in [0.4, 0.5) is 15.4 Å². The number of carbonyl (C=O) groups is 2. The fourth-order valence-corrected chi connectivity index (χ4v) is 3.47. The molecule has 0 radical (unpaired) electrons. The number of likely N-dealkylation sites (tertiary alicyclic amines) is 1. The second-order valence-corrected chi connectivity index (χ2v) is 9.86. The quantitative estimate of drug-likeness (QED) is 0.626. The molecule has 1 aliphatic rings. The van der Waals surface area contributed by atoms with Gasteiger partial charge in [-0.25, -0.2) is 14.6 Å². The Morgan fingerprint density at radius 1 is 1.20 bits per heavy atom. The maximum atomic E-state index is 13.1. The van der Waals surface area contributed by atoms with E-state index in [-0.39, 0.29) is 18.2 Å². The van der Waals surface area contributed by atoms with Gasteiger partial charge >= 0.3 is 12.2 Å². The van der Waals surface area contributed by atoms with Crippen molar-refractivity contribution < 1.29 is 19.1 Å². The molecule has 168 valence electrons. The summed E-state index contributed by atoms with van der Waals surface area (Å²) in [5.74, 6) is 0.543. The molecule has 1 aliphatic heterocycles. The summed E-state index contributed by atoms with van der Waals surface area (Å²) in [6, 6.07) is 3.48. The molecule has 30 heavy (non-hydrogen) atoms. The Balaban J connectivity index is 2.43. The van der Waals surface area contributed by atoms with E-state index < -0.39 is 17.3 Å². The lowest BCUT2D eigenvalue weighted by molar-refractivity contribution is 0.0224. The minimum Gasteiger partial charge on any atom is -0.444 e. The Hall–Kier alpha value is -2.31. The van der Waals surface area contributed by atoms with Crippen molar-refractivity contribution in [2.45, 2.75) is 97.9 Å². The van der Waals surface area contributed by atoms with E-state index >= 15 is 0 Å². The highest BCUT2D eigenvalue weighted by Crippen LogP contribution is 2.38. The van der Waals surface area contributed by atoms with Crippen molar-refractivity contribution in [1.29, 1.82) is 0 Å². The lowest BCUT2D eigenvalue weighted by Crippen LogP contribution is -2.44. The molecule has 1 saturated heterocycles. The standard InChI is InChI=1S/C23H37N3O4/c1-9-16(2)26(21(28)30-23(6,7)8)19-17(12-10-14-24-19)18-13-11-15-25(18)20(27)29-22(3,4)5/h10,12,14,16,18H,9,11,13,15H2,1-8H3. The van der Waals surface area contributed by atoms with Gasteiger partial charge in [0.1, 0.15) is 17.0 Å². The van der Waals surface area contributed by atoms with Crippen LogP contribution in [-0.4, -0.2) is 45.9 Å². The molecule has 2 amide bonds. The number of hydrogen-bond acceptors (Lipinski definition) is 5. The van der Waals surface area contributed by atoms with Gasteiger partial charge in [-0.3, -0.25) is 4.90 Å². The predicted octanol–water partition coefficient (Wildman–Crippen LogP) is 5.69. The number of hydrogen-bond donors (Lipinski definition) is 0. The van der Waals surface area contributed by atoms with E-state index in [1.165, 1.54) is 0 Å². The molecule has 0 saturated carbocycles. The topological polar surface area (TPSA) is 72.0 Å². The summed E-state index contributed by atoms with van der Waals surface area (Å²) >= 11 is 0. The minimum atomic E-state index is -0.617. The lowest BCUT2D eigenvalue weighted by Gasteiger charge is -2.34. The lowest BCUT2D eigenvalue weighted by atomic mass is 10.0. The van der Waals surface area contributed by atoms with Gasteiger partial charge in [0, 0.05) is 24.3 Å². The number of amides is 2. The molecule has 1 aromatic heterocycles. The summed E-state index contributed by atoms with van der Waals surface area (Å²) in [6.07, 6.45) is 3.31. The summed E-state index contributed by atoms with van der Waals surface area (Å²) in [7, 11) is 0. The zero-order valence-corrected chi connectivity index (χ0v) is 19.7. The molecule has 7 nitrogen and oxygen atoms in total. The summed E-state index contributed by atoms with van der Waals surface area (Å²) in [5, 5.41) is 0. The molecular weight excluding hydrogens is 382 g/mol. The van der Waals surface area contributed by atoms with E-state index in [4.69, 9.17) is 9.47 Å². The number of anilines is 1. The molecule has 1 fully saturated rings. The van der Waals surface area contributed by atoms with Crippen molar-refractivity contribution in [2.24, 2.45) is 0 Å². The van der Waals surface area contributed by atoms with Crippen LogP contribution in [0.2, 0.25) is 0 Å². The summed E-state index contributed by atoms with van der Waals surface area (Å²) in [6.45, 7) is 15.7. The third kappa shape index (κ3) is 6.09. The van der Waals surface area contributed by atoms with Crippen molar-refractivity contribution in [3.05, 3.63) is 23.9 Å². The van der Waals surface area contributed by atoms with E-state index in [1.54, 1.807) is 16.0 Å². The molecule has 7 heteroatoms. The molecule has 0 aromatic carbocycles. The number of nitrogens with zero attached hydrogens (tertiary/aromatic N) is 3. The first-order valence-electron chi connectivity index (χ1n) is 10.8. The van der Waals surface area contributed by atoms with Crippen LogP contribution in [0.15, 0.2) is 18.3 Å². The van der Waals surface area contributed by atoms with Crippen LogP contribution in [-0.2, 0) is 9.47 Å². The SMILES string of the molecule is CCC(C)N(C(=O)OC(C)(C)C)c1ncccc1C1CCCN1C(=O)OC(C)(C)C. The Morgan fingerprint density at radius 3 is 2.40 bits per heavy atom. The predicted molar refractivity (Wildman–Crippen MR) is 118 cm³/mol. The van der Waals surface area contributed by atoms with Crippen LogP contribution in [0.1, 0.15) is 86.3 Å². The zero-order valence-electron chi connectivity index (χ0n) is 19.7. The van der Waals surface area contributed by atoms with Gasteiger partial charge in [0.2, 0.25) is 0 Å². The van der Waals surface area contributed by atoms with Crippen LogP contribution >= 0.6 is 0 Å². The van der Waals surface area contributed by atoms with Crippen molar-refractivity contribution in [3.63, 3.8) is 0 Å². The highest BCUT2D eigenvalue weighted by molar-refractivity contribution is 5.88.